The van der Waals surface area contributed by atoms with Gasteiger partial charge < -0.3 is 5.73 Å². The van der Waals surface area contributed by atoms with E-state index in [9.17, 15) is 4.79 Å². The highest BCUT2D eigenvalue weighted by atomic mass is 35.5. The van der Waals surface area contributed by atoms with Gasteiger partial charge in [0.05, 0.1) is 6.04 Å². The van der Waals surface area contributed by atoms with Crippen LogP contribution in [0.2, 0.25) is 10.0 Å². The third-order valence-corrected chi connectivity index (χ3v) is 4.28. The Morgan fingerprint density at radius 1 is 1.21 bits per heavy atom. The van der Waals surface area contributed by atoms with Crippen LogP contribution in [0.3, 0.4) is 0 Å². The van der Waals surface area contributed by atoms with Gasteiger partial charge in [0.25, 0.3) is 0 Å². The summed E-state index contributed by atoms with van der Waals surface area (Å²) in [5.74, 6) is 1.49. The number of hydrogen-bond donors (Lipinski definition) is 2. The van der Waals surface area contributed by atoms with Gasteiger partial charge in [-0.2, -0.15) is 5.10 Å². The number of benzene rings is 1. The normalized spacial score (nSPS) is 12.3. The number of nitrogens with zero attached hydrogens (tertiary/aromatic N) is 2. The monoisotopic (exact) mass is 368 g/mol. The Morgan fingerprint density at radius 3 is 2.58 bits per heavy atom. The van der Waals surface area contributed by atoms with Crippen molar-refractivity contribution in [2.75, 3.05) is 0 Å². The van der Waals surface area contributed by atoms with Gasteiger partial charge in [-0.05, 0) is 31.0 Å². The van der Waals surface area contributed by atoms with Crippen molar-refractivity contribution < 1.29 is 4.79 Å². The molecule has 0 bridgehead atoms. The molecule has 0 spiro atoms. The highest BCUT2D eigenvalue weighted by Crippen LogP contribution is 2.26. The van der Waals surface area contributed by atoms with E-state index in [0.29, 0.717) is 40.3 Å². The summed E-state index contributed by atoms with van der Waals surface area (Å²) in [6.45, 7) is 1.90. The van der Waals surface area contributed by atoms with Gasteiger partial charge >= 0.3 is 0 Å². The molecule has 1 atom stereocenters. The fourth-order valence-electron chi connectivity index (χ4n) is 2.43. The van der Waals surface area contributed by atoms with E-state index < -0.39 is 0 Å². The van der Waals surface area contributed by atoms with Crippen LogP contribution < -0.4 is 5.73 Å². The largest absolute Gasteiger partial charge is 0.321 e. The maximum atomic E-state index is 11.2. The number of aromatic nitrogens is 3. The van der Waals surface area contributed by atoms with Crippen LogP contribution in [-0.4, -0.2) is 21.0 Å². The van der Waals surface area contributed by atoms with Gasteiger partial charge in [-0.1, -0.05) is 43.0 Å². The number of nitrogens with one attached hydrogen (secondary N) is 1. The Kier molecular flexibility index (Phi) is 7.21. The van der Waals surface area contributed by atoms with E-state index in [0.717, 1.165) is 31.2 Å². The summed E-state index contributed by atoms with van der Waals surface area (Å²) >= 11 is 12.0. The molecule has 5 nitrogen and oxygen atoms in total. The topological polar surface area (TPSA) is 84.7 Å². The number of Topliss-reactive ketones (excluding diaryl/α,β-unsaturated/α-hetero) is 1. The zero-order chi connectivity index (χ0) is 17.5. The molecule has 0 aliphatic rings. The van der Waals surface area contributed by atoms with Gasteiger partial charge in [0.2, 0.25) is 0 Å². The molecule has 0 unspecified atom stereocenters. The number of halogens is 2. The lowest BCUT2D eigenvalue weighted by atomic mass is 10.1. The van der Waals surface area contributed by atoms with Crippen LogP contribution in [0.15, 0.2) is 18.2 Å². The summed E-state index contributed by atoms with van der Waals surface area (Å²) in [6.07, 6.45) is 4.94. The Bertz CT molecular complexity index is 667. The van der Waals surface area contributed by atoms with Gasteiger partial charge in [0.1, 0.15) is 11.6 Å². The number of H-pyrrole nitrogens is 1. The molecule has 130 valence electrons. The number of unbranched alkanes of at least 4 members (excludes halogenated alkanes) is 2. The molecule has 0 aliphatic carbocycles. The van der Waals surface area contributed by atoms with E-state index in [4.69, 9.17) is 28.9 Å². The fraction of sp³-hybridized carbons (Fsp3) is 0.471. The van der Waals surface area contributed by atoms with Crippen molar-refractivity contribution in [1.82, 2.24) is 15.2 Å². The van der Waals surface area contributed by atoms with Crippen LogP contribution in [0.1, 0.15) is 57.3 Å². The van der Waals surface area contributed by atoms with Gasteiger partial charge in [-0.25, -0.2) is 4.98 Å². The maximum Gasteiger partial charge on any atom is 0.181 e. The molecule has 0 amide bonds. The van der Waals surface area contributed by atoms with Crippen molar-refractivity contribution in [2.24, 2.45) is 5.73 Å². The zero-order valence-electron chi connectivity index (χ0n) is 13.7. The molecule has 1 aromatic carbocycles. The van der Waals surface area contributed by atoms with Gasteiger partial charge in [0, 0.05) is 28.5 Å². The van der Waals surface area contributed by atoms with E-state index >= 15 is 0 Å². The van der Waals surface area contributed by atoms with Crippen LogP contribution in [0.25, 0.3) is 11.4 Å². The summed E-state index contributed by atoms with van der Waals surface area (Å²) in [7, 11) is 0. The van der Waals surface area contributed by atoms with Gasteiger partial charge in [-0.3, -0.25) is 9.89 Å². The number of nitrogens with two attached hydrogens (primary N) is 1. The summed E-state index contributed by atoms with van der Waals surface area (Å²) in [5, 5.41) is 8.15. The Labute approximate surface area is 151 Å². The van der Waals surface area contributed by atoms with Crippen LogP contribution >= 0.6 is 23.2 Å². The standard InChI is InChI=1S/C17H22Cl2N4O/c1-2-14(24)6-4-3-5-7-15(20)17-21-16(22-23-17)11-8-12(18)10-13(19)9-11/h8-10,15H,2-7,20H2,1H3,(H,21,22,23)/t15-/m0/s1. The molecule has 2 rings (SSSR count). The quantitative estimate of drug-likeness (QED) is 0.627. The first kappa shape index (κ1) is 18.9. The fourth-order valence-corrected chi connectivity index (χ4v) is 2.95. The number of rotatable bonds is 9. The van der Waals surface area contributed by atoms with Crippen molar-refractivity contribution in [2.45, 2.75) is 51.5 Å². The van der Waals surface area contributed by atoms with E-state index in [1.165, 1.54) is 0 Å². The Hall–Kier alpha value is -1.43. The molecule has 0 aliphatic heterocycles. The van der Waals surface area contributed by atoms with Crippen molar-refractivity contribution in [3.8, 4) is 11.4 Å². The molecule has 0 saturated heterocycles. The van der Waals surface area contributed by atoms with Crippen LogP contribution in [-0.2, 0) is 4.79 Å². The summed E-state index contributed by atoms with van der Waals surface area (Å²) in [6, 6.07) is 4.98. The molecule has 0 saturated carbocycles. The second-order valence-electron chi connectivity index (χ2n) is 5.80. The third kappa shape index (κ3) is 5.58. The Morgan fingerprint density at radius 2 is 1.92 bits per heavy atom. The predicted molar refractivity (Wildman–Crippen MR) is 97.2 cm³/mol. The molecular formula is C17H22Cl2N4O. The lowest BCUT2D eigenvalue weighted by Gasteiger charge is -2.07. The molecule has 2 aromatic rings. The average Bonchev–Trinajstić information content (AvgIpc) is 3.03. The molecule has 7 heteroatoms. The van der Waals surface area contributed by atoms with Crippen molar-refractivity contribution in [3.63, 3.8) is 0 Å². The second-order valence-corrected chi connectivity index (χ2v) is 6.67. The van der Waals surface area contributed by atoms with Crippen molar-refractivity contribution in [1.29, 1.82) is 0 Å². The lowest BCUT2D eigenvalue weighted by Crippen LogP contribution is -2.12. The minimum absolute atomic E-state index is 0.206. The Balaban J connectivity index is 1.87. The zero-order valence-corrected chi connectivity index (χ0v) is 15.2. The minimum Gasteiger partial charge on any atom is -0.321 e. The number of aromatic amines is 1. The van der Waals surface area contributed by atoms with Crippen LogP contribution in [0.4, 0.5) is 0 Å². The van der Waals surface area contributed by atoms with Crippen LogP contribution in [0.5, 0.6) is 0 Å². The summed E-state index contributed by atoms with van der Waals surface area (Å²) in [5.41, 5.74) is 6.91. The SMILES string of the molecule is CCC(=O)CCCCC[C@H](N)c1nc(-c2cc(Cl)cc(Cl)c2)n[nH]1. The summed E-state index contributed by atoms with van der Waals surface area (Å²) < 4.78 is 0. The molecule has 24 heavy (non-hydrogen) atoms. The highest BCUT2D eigenvalue weighted by molar-refractivity contribution is 6.35. The molecule has 1 aromatic heterocycles. The van der Waals surface area contributed by atoms with E-state index in [-0.39, 0.29) is 6.04 Å². The first-order valence-electron chi connectivity index (χ1n) is 8.15. The van der Waals surface area contributed by atoms with Crippen LogP contribution in [0, 0.1) is 0 Å². The molecule has 0 fully saturated rings. The first-order valence-corrected chi connectivity index (χ1v) is 8.91. The van der Waals surface area contributed by atoms with Crippen molar-refractivity contribution in [3.05, 3.63) is 34.1 Å². The average molecular weight is 369 g/mol. The number of ketones is 1. The molecular weight excluding hydrogens is 347 g/mol. The number of hydrogen-bond acceptors (Lipinski definition) is 4. The van der Waals surface area contributed by atoms with E-state index in [1.54, 1.807) is 18.2 Å². The van der Waals surface area contributed by atoms with E-state index in [2.05, 4.69) is 15.2 Å². The molecule has 0 radical (unpaired) electrons. The smallest absolute Gasteiger partial charge is 0.181 e. The predicted octanol–water partition coefficient (Wildman–Crippen LogP) is 4.71. The lowest BCUT2D eigenvalue weighted by molar-refractivity contribution is -0.118. The highest BCUT2D eigenvalue weighted by Gasteiger charge is 2.13. The molecule has 1 heterocycles. The van der Waals surface area contributed by atoms with Gasteiger partial charge in [0.15, 0.2) is 5.82 Å². The second kappa shape index (κ2) is 9.16. The van der Waals surface area contributed by atoms with Gasteiger partial charge in [-0.15, -0.1) is 0 Å². The first-order chi connectivity index (χ1) is 11.5. The maximum absolute atomic E-state index is 11.2. The van der Waals surface area contributed by atoms with Crippen molar-refractivity contribution >= 4 is 29.0 Å². The molecule has 3 N–H and O–H groups in total. The minimum atomic E-state index is -0.206. The number of carbonyl (C=O) groups is 1. The summed E-state index contributed by atoms with van der Waals surface area (Å²) in [4.78, 5) is 15.7. The third-order valence-electron chi connectivity index (χ3n) is 3.84. The van der Waals surface area contributed by atoms with E-state index in [1.807, 2.05) is 6.92 Å². The number of carbonyl (C=O) groups excluding carboxylic acids is 1.